The predicted octanol–water partition coefficient (Wildman–Crippen LogP) is 3.11. The molecule has 0 radical (unpaired) electrons. The summed E-state index contributed by atoms with van der Waals surface area (Å²) in [7, 11) is 4.09. The molecule has 1 unspecified atom stereocenters. The summed E-state index contributed by atoms with van der Waals surface area (Å²) in [4.78, 5) is 2.10. The van der Waals surface area contributed by atoms with Gasteiger partial charge in [0.1, 0.15) is 0 Å². The second kappa shape index (κ2) is 6.33. The third kappa shape index (κ3) is 3.70. The summed E-state index contributed by atoms with van der Waals surface area (Å²) < 4.78 is 0. The van der Waals surface area contributed by atoms with E-state index in [4.69, 9.17) is 5.73 Å². The van der Waals surface area contributed by atoms with Crippen molar-refractivity contribution < 1.29 is 0 Å². The summed E-state index contributed by atoms with van der Waals surface area (Å²) in [6, 6.07) is 8.57. The van der Waals surface area contributed by atoms with Crippen LogP contribution in [0.1, 0.15) is 30.9 Å². The van der Waals surface area contributed by atoms with Crippen LogP contribution in [0.2, 0.25) is 0 Å². The molecule has 1 aromatic rings. The van der Waals surface area contributed by atoms with Gasteiger partial charge in [-0.25, -0.2) is 0 Å². The van der Waals surface area contributed by atoms with E-state index < -0.39 is 0 Å². The average molecular weight is 218 g/mol. The van der Waals surface area contributed by atoms with E-state index in [1.165, 1.54) is 11.3 Å². The Hall–Kier alpha value is -1.28. The van der Waals surface area contributed by atoms with Gasteiger partial charge in [0.2, 0.25) is 0 Å². The fourth-order valence-electron chi connectivity index (χ4n) is 1.68. The smallest absolute Gasteiger partial charge is 0.0364 e. The van der Waals surface area contributed by atoms with Crippen LogP contribution in [0.3, 0.4) is 0 Å². The van der Waals surface area contributed by atoms with E-state index in [9.17, 15) is 0 Å². The lowest BCUT2D eigenvalue weighted by Gasteiger charge is -2.16. The first-order valence-electron chi connectivity index (χ1n) is 5.79. The van der Waals surface area contributed by atoms with E-state index in [1.54, 1.807) is 0 Å². The van der Waals surface area contributed by atoms with Gasteiger partial charge in [-0.3, -0.25) is 0 Å². The molecule has 0 aliphatic rings. The number of rotatable bonds is 6. The molecule has 2 nitrogen and oxygen atoms in total. The lowest BCUT2D eigenvalue weighted by Crippen LogP contribution is -2.13. The Morgan fingerprint density at radius 2 is 2.19 bits per heavy atom. The Morgan fingerprint density at radius 3 is 2.81 bits per heavy atom. The van der Waals surface area contributed by atoms with Gasteiger partial charge in [-0.05, 0) is 37.0 Å². The van der Waals surface area contributed by atoms with Crippen molar-refractivity contribution in [2.24, 2.45) is 5.73 Å². The van der Waals surface area contributed by atoms with Gasteiger partial charge in [0.25, 0.3) is 0 Å². The summed E-state index contributed by atoms with van der Waals surface area (Å²) in [5, 5.41) is 0. The van der Waals surface area contributed by atoms with E-state index >= 15 is 0 Å². The van der Waals surface area contributed by atoms with Crippen LogP contribution < -0.4 is 10.6 Å². The highest BCUT2D eigenvalue weighted by atomic mass is 15.1. The highest BCUT2D eigenvalue weighted by molar-refractivity contribution is 5.47. The Labute approximate surface area is 98.8 Å². The van der Waals surface area contributed by atoms with Crippen molar-refractivity contribution in [1.82, 2.24) is 0 Å². The van der Waals surface area contributed by atoms with E-state index in [1.807, 2.05) is 20.2 Å². The summed E-state index contributed by atoms with van der Waals surface area (Å²) in [5.41, 5.74) is 8.58. The zero-order valence-corrected chi connectivity index (χ0v) is 10.3. The zero-order valence-electron chi connectivity index (χ0n) is 10.3. The van der Waals surface area contributed by atoms with Gasteiger partial charge >= 0.3 is 0 Å². The number of benzene rings is 1. The second-order valence-corrected chi connectivity index (χ2v) is 4.32. The summed E-state index contributed by atoms with van der Waals surface area (Å²) in [5.74, 6) is 0. The molecule has 0 saturated heterocycles. The van der Waals surface area contributed by atoms with Crippen molar-refractivity contribution in [2.75, 3.05) is 19.0 Å². The van der Waals surface area contributed by atoms with Crippen molar-refractivity contribution in [3.05, 3.63) is 42.5 Å². The standard InChI is InChI=1S/C14H22N2/c1-4-5-6-10-14(15)12-8-7-9-13(11-12)16(2)3/h4,7-9,11,14H,1,5-6,10,15H2,2-3H3. The first-order valence-corrected chi connectivity index (χ1v) is 5.79. The van der Waals surface area contributed by atoms with Crippen molar-refractivity contribution in [1.29, 1.82) is 0 Å². The third-order valence-corrected chi connectivity index (χ3v) is 2.74. The van der Waals surface area contributed by atoms with Gasteiger partial charge in [-0.1, -0.05) is 18.2 Å². The van der Waals surface area contributed by atoms with Crippen LogP contribution in [-0.4, -0.2) is 14.1 Å². The molecule has 2 heteroatoms. The molecule has 0 aromatic heterocycles. The van der Waals surface area contributed by atoms with Crippen LogP contribution in [0.25, 0.3) is 0 Å². The Balaban J connectivity index is 2.64. The molecule has 0 bridgehead atoms. The van der Waals surface area contributed by atoms with Crippen molar-refractivity contribution >= 4 is 5.69 Å². The zero-order chi connectivity index (χ0) is 12.0. The van der Waals surface area contributed by atoms with Crippen LogP contribution in [0.5, 0.6) is 0 Å². The molecule has 88 valence electrons. The summed E-state index contributed by atoms with van der Waals surface area (Å²) in [6.07, 6.45) is 5.11. The van der Waals surface area contributed by atoms with Crippen molar-refractivity contribution in [3.63, 3.8) is 0 Å². The number of allylic oxidation sites excluding steroid dienone is 1. The van der Waals surface area contributed by atoms with Gasteiger partial charge in [0.05, 0.1) is 0 Å². The molecular formula is C14H22N2. The van der Waals surface area contributed by atoms with E-state index in [-0.39, 0.29) is 6.04 Å². The summed E-state index contributed by atoms with van der Waals surface area (Å²) >= 11 is 0. The monoisotopic (exact) mass is 218 g/mol. The topological polar surface area (TPSA) is 29.3 Å². The molecule has 0 heterocycles. The van der Waals surface area contributed by atoms with Crippen LogP contribution in [0.4, 0.5) is 5.69 Å². The lowest BCUT2D eigenvalue weighted by atomic mass is 10.0. The van der Waals surface area contributed by atoms with Crippen LogP contribution >= 0.6 is 0 Å². The lowest BCUT2D eigenvalue weighted by molar-refractivity contribution is 0.617. The van der Waals surface area contributed by atoms with Gasteiger partial charge < -0.3 is 10.6 Å². The number of hydrogen-bond donors (Lipinski definition) is 1. The first kappa shape index (κ1) is 12.8. The molecule has 0 saturated carbocycles. The van der Waals surface area contributed by atoms with Gasteiger partial charge in [-0.15, -0.1) is 6.58 Å². The van der Waals surface area contributed by atoms with E-state index in [0.29, 0.717) is 0 Å². The third-order valence-electron chi connectivity index (χ3n) is 2.74. The summed E-state index contributed by atoms with van der Waals surface area (Å²) in [6.45, 7) is 3.72. The number of nitrogens with two attached hydrogens (primary N) is 1. The normalized spacial score (nSPS) is 12.2. The fraction of sp³-hybridized carbons (Fsp3) is 0.429. The molecule has 0 spiro atoms. The van der Waals surface area contributed by atoms with Gasteiger partial charge in [-0.2, -0.15) is 0 Å². The van der Waals surface area contributed by atoms with Gasteiger partial charge in [0.15, 0.2) is 0 Å². The first-order chi connectivity index (χ1) is 7.65. The Bertz CT molecular complexity index is 331. The number of nitrogens with zero attached hydrogens (tertiary/aromatic N) is 1. The van der Waals surface area contributed by atoms with Crippen molar-refractivity contribution in [3.8, 4) is 0 Å². The largest absolute Gasteiger partial charge is 0.378 e. The minimum absolute atomic E-state index is 0.139. The minimum atomic E-state index is 0.139. The fourth-order valence-corrected chi connectivity index (χ4v) is 1.68. The number of hydrogen-bond acceptors (Lipinski definition) is 2. The van der Waals surface area contributed by atoms with Crippen LogP contribution in [0.15, 0.2) is 36.9 Å². The minimum Gasteiger partial charge on any atom is -0.378 e. The molecule has 0 aliphatic carbocycles. The SMILES string of the molecule is C=CCCCC(N)c1cccc(N(C)C)c1. The molecule has 1 aromatic carbocycles. The van der Waals surface area contributed by atoms with Gasteiger partial charge in [0, 0.05) is 25.8 Å². The van der Waals surface area contributed by atoms with E-state index in [2.05, 4.69) is 35.7 Å². The quantitative estimate of drug-likeness (QED) is 0.587. The Morgan fingerprint density at radius 1 is 1.44 bits per heavy atom. The van der Waals surface area contributed by atoms with Crippen molar-refractivity contribution in [2.45, 2.75) is 25.3 Å². The highest BCUT2D eigenvalue weighted by Gasteiger charge is 2.06. The maximum atomic E-state index is 6.15. The van der Waals surface area contributed by atoms with Crippen LogP contribution in [-0.2, 0) is 0 Å². The van der Waals surface area contributed by atoms with Crippen LogP contribution in [0, 0.1) is 0 Å². The van der Waals surface area contributed by atoms with E-state index in [0.717, 1.165) is 19.3 Å². The number of anilines is 1. The predicted molar refractivity (Wildman–Crippen MR) is 71.7 cm³/mol. The molecule has 0 amide bonds. The molecule has 1 atom stereocenters. The molecular weight excluding hydrogens is 196 g/mol. The molecule has 1 rings (SSSR count). The Kier molecular flexibility index (Phi) is 5.06. The molecule has 2 N–H and O–H groups in total. The molecule has 0 fully saturated rings. The molecule has 0 aliphatic heterocycles. The second-order valence-electron chi connectivity index (χ2n) is 4.32. The highest BCUT2D eigenvalue weighted by Crippen LogP contribution is 2.21. The number of unbranched alkanes of at least 4 members (excludes halogenated alkanes) is 1. The average Bonchev–Trinajstić information content (AvgIpc) is 2.29. The maximum absolute atomic E-state index is 6.15. The molecule has 16 heavy (non-hydrogen) atoms. The maximum Gasteiger partial charge on any atom is 0.0364 e.